The van der Waals surface area contributed by atoms with Gasteiger partial charge in [-0.3, -0.25) is 4.79 Å². The summed E-state index contributed by atoms with van der Waals surface area (Å²) in [5, 5.41) is 1.87. The number of likely N-dealkylation sites (tertiary alicyclic amines) is 1. The second-order valence-electron chi connectivity index (χ2n) is 5.78. The second-order valence-corrected chi connectivity index (χ2v) is 8.61. The molecule has 0 spiro atoms. The monoisotopic (exact) mass is 344 g/mol. The van der Waals surface area contributed by atoms with Gasteiger partial charge in [-0.1, -0.05) is 6.07 Å². The van der Waals surface area contributed by atoms with Gasteiger partial charge in [-0.05, 0) is 24.3 Å². The van der Waals surface area contributed by atoms with Crippen molar-refractivity contribution in [1.29, 1.82) is 0 Å². The highest BCUT2D eigenvalue weighted by atomic mass is 32.2. The molecule has 2 aliphatic heterocycles. The molecule has 2 saturated heterocycles. The highest BCUT2D eigenvalue weighted by molar-refractivity contribution is 7.88. The van der Waals surface area contributed by atoms with E-state index in [9.17, 15) is 13.2 Å². The predicted molar refractivity (Wildman–Crippen MR) is 84.5 cm³/mol. The van der Waals surface area contributed by atoms with E-state index in [-0.39, 0.29) is 18.0 Å². The molecule has 1 amide bonds. The number of hydrogen-bond acceptors (Lipinski definition) is 5. The minimum Gasteiger partial charge on any atom is -0.381 e. The van der Waals surface area contributed by atoms with E-state index in [1.54, 1.807) is 15.3 Å². The van der Waals surface area contributed by atoms with Crippen molar-refractivity contribution in [1.82, 2.24) is 9.21 Å². The molecule has 6 nitrogen and oxygen atoms in total. The van der Waals surface area contributed by atoms with Crippen LogP contribution in [-0.2, 0) is 14.8 Å². The Morgan fingerprint density at radius 2 is 2.00 bits per heavy atom. The lowest BCUT2D eigenvalue weighted by Gasteiger charge is -2.47. The second kappa shape index (κ2) is 6.27. The van der Waals surface area contributed by atoms with E-state index < -0.39 is 10.0 Å². The van der Waals surface area contributed by atoms with Gasteiger partial charge in [-0.2, -0.15) is 4.31 Å². The molecule has 1 aromatic rings. The summed E-state index contributed by atoms with van der Waals surface area (Å²) >= 11 is 1.41. The lowest BCUT2D eigenvalue weighted by Crippen LogP contribution is -2.64. The Kier molecular flexibility index (Phi) is 4.54. The average molecular weight is 344 g/mol. The fourth-order valence-corrected chi connectivity index (χ4v) is 5.24. The van der Waals surface area contributed by atoms with Gasteiger partial charge in [0.15, 0.2) is 0 Å². The van der Waals surface area contributed by atoms with Gasteiger partial charge in [-0.25, -0.2) is 8.42 Å². The molecular formula is C14H20N2O4S2. The maximum atomic E-state index is 12.2. The smallest absolute Gasteiger partial charge is 0.264 e. The first kappa shape index (κ1) is 15.9. The van der Waals surface area contributed by atoms with Crippen LogP contribution in [-0.4, -0.2) is 68.2 Å². The summed E-state index contributed by atoms with van der Waals surface area (Å²) in [7, 11) is -3.29. The maximum absolute atomic E-state index is 12.2. The van der Waals surface area contributed by atoms with Crippen molar-refractivity contribution in [2.24, 2.45) is 0 Å². The number of ether oxygens (including phenoxy) is 1. The predicted octanol–water partition coefficient (Wildman–Crippen LogP) is 1.01. The maximum Gasteiger partial charge on any atom is 0.264 e. The number of hydrogen-bond donors (Lipinski definition) is 0. The summed E-state index contributed by atoms with van der Waals surface area (Å²) in [5.41, 5.74) is 0. The molecule has 122 valence electrons. The van der Waals surface area contributed by atoms with E-state index in [0.29, 0.717) is 31.2 Å². The summed E-state index contributed by atoms with van der Waals surface area (Å²) in [6.45, 7) is 2.14. The Bertz CT molecular complexity index is 617. The summed E-state index contributed by atoms with van der Waals surface area (Å²) < 4.78 is 31.2. The van der Waals surface area contributed by atoms with Gasteiger partial charge < -0.3 is 9.64 Å². The zero-order chi connectivity index (χ0) is 15.7. The third kappa shape index (κ3) is 3.19. The SMILES string of the molecule is CS(=O)(=O)N(C1CCOCC1)C1CN(C(=O)c2cccs2)C1. The van der Waals surface area contributed by atoms with Crippen LogP contribution in [0.25, 0.3) is 0 Å². The molecule has 0 atom stereocenters. The lowest BCUT2D eigenvalue weighted by molar-refractivity contribution is 0.0128. The zero-order valence-electron chi connectivity index (χ0n) is 12.5. The minimum atomic E-state index is -3.29. The minimum absolute atomic E-state index is 0.00672. The Morgan fingerprint density at radius 1 is 1.32 bits per heavy atom. The highest BCUT2D eigenvalue weighted by Crippen LogP contribution is 2.27. The number of rotatable bonds is 4. The average Bonchev–Trinajstić information content (AvgIpc) is 2.95. The first-order valence-electron chi connectivity index (χ1n) is 7.36. The summed E-state index contributed by atoms with van der Waals surface area (Å²) in [5.74, 6) is -0.00771. The van der Waals surface area contributed by atoms with Crippen LogP contribution in [0.1, 0.15) is 22.5 Å². The van der Waals surface area contributed by atoms with Crippen LogP contribution in [0, 0.1) is 0 Å². The van der Waals surface area contributed by atoms with Crippen molar-refractivity contribution in [2.75, 3.05) is 32.6 Å². The molecular weight excluding hydrogens is 324 g/mol. The van der Waals surface area contributed by atoms with E-state index in [1.807, 2.05) is 11.4 Å². The highest BCUT2D eigenvalue weighted by Gasteiger charge is 2.42. The van der Waals surface area contributed by atoms with Crippen molar-refractivity contribution < 1.29 is 17.9 Å². The molecule has 3 heterocycles. The molecule has 0 aliphatic carbocycles. The molecule has 0 unspecified atom stereocenters. The van der Waals surface area contributed by atoms with Crippen LogP contribution >= 0.6 is 11.3 Å². The van der Waals surface area contributed by atoms with Gasteiger partial charge in [-0.15, -0.1) is 11.3 Å². The molecule has 1 aromatic heterocycles. The lowest BCUT2D eigenvalue weighted by atomic mass is 10.0. The molecule has 0 N–H and O–H groups in total. The number of nitrogens with zero attached hydrogens (tertiary/aromatic N) is 2. The topological polar surface area (TPSA) is 66.9 Å². The van der Waals surface area contributed by atoms with Gasteiger partial charge in [0.05, 0.1) is 17.2 Å². The van der Waals surface area contributed by atoms with Crippen molar-refractivity contribution in [2.45, 2.75) is 24.9 Å². The third-order valence-corrected chi connectivity index (χ3v) is 6.40. The van der Waals surface area contributed by atoms with Crippen molar-refractivity contribution in [3.05, 3.63) is 22.4 Å². The molecule has 0 aromatic carbocycles. The first-order valence-corrected chi connectivity index (χ1v) is 10.1. The van der Waals surface area contributed by atoms with Crippen LogP contribution in [0.15, 0.2) is 17.5 Å². The van der Waals surface area contributed by atoms with Gasteiger partial charge in [0.1, 0.15) is 0 Å². The molecule has 8 heteroatoms. The van der Waals surface area contributed by atoms with E-state index in [2.05, 4.69) is 0 Å². The van der Waals surface area contributed by atoms with Crippen LogP contribution in [0.4, 0.5) is 0 Å². The van der Waals surface area contributed by atoms with E-state index >= 15 is 0 Å². The Morgan fingerprint density at radius 3 is 2.55 bits per heavy atom. The molecule has 2 aliphatic rings. The summed E-state index contributed by atoms with van der Waals surface area (Å²) in [6.07, 6.45) is 2.71. The van der Waals surface area contributed by atoms with Crippen LogP contribution in [0.2, 0.25) is 0 Å². The number of carbonyl (C=O) groups is 1. The molecule has 3 rings (SSSR count). The molecule has 2 fully saturated rings. The van der Waals surface area contributed by atoms with Crippen LogP contribution in [0.3, 0.4) is 0 Å². The Labute approximate surface area is 134 Å². The zero-order valence-corrected chi connectivity index (χ0v) is 14.1. The fourth-order valence-electron chi connectivity index (χ4n) is 3.12. The number of thiophene rings is 1. The van der Waals surface area contributed by atoms with Gasteiger partial charge in [0, 0.05) is 32.3 Å². The standard InChI is InChI=1S/C14H20N2O4S2/c1-22(18,19)16(11-4-6-20-7-5-11)12-9-15(10-12)14(17)13-3-2-8-21-13/h2-3,8,11-12H,4-7,9-10H2,1H3. The Hall–Kier alpha value is -0.960. The third-order valence-electron chi connectivity index (χ3n) is 4.18. The van der Waals surface area contributed by atoms with E-state index in [1.165, 1.54) is 17.6 Å². The number of sulfonamides is 1. The normalized spacial score (nSPS) is 21.1. The van der Waals surface area contributed by atoms with E-state index in [0.717, 1.165) is 12.8 Å². The van der Waals surface area contributed by atoms with Crippen molar-refractivity contribution in [3.63, 3.8) is 0 Å². The van der Waals surface area contributed by atoms with Gasteiger partial charge >= 0.3 is 0 Å². The van der Waals surface area contributed by atoms with Gasteiger partial charge in [0.25, 0.3) is 5.91 Å². The van der Waals surface area contributed by atoms with Crippen LogP contribution in [0.5, 0.6) is 0 Å². The fraction of sp³-hybridized carbons (Fsp3) is 0.643. The first-order chi connectivity index (χ1) is 10.5. The van der Waals surface area contributed by atoms with Crippen molar-refractivity contribution >= 4 is 27.3 Å². The van der Waals surface area contributed by atoms with Gasteiger partial charge in [0.2, 0.25) is 10.0 Å². The van der Waals surface area contributed by atoms with Crippen LogP contribution < -0.4 is 0 Å². The molecule has 0 bridgehead atoms. The number of amides is 1. The van der Waals surface area contributed by atoms with Crippen molar-refractivity contribution in [3.8, 4) is 0 Å². The molecule has 0 radical (unpaired) electrons. The largest absolute Gasteiger partial charge is 0.381 e. The van der Waals surface area contributed by atoms with E-state index in [4.69, 9.17) is 4.74 Å². The number of carbonyl (C=O) groups excluding carboxylic acids is 1. The quantitative estimate of drug-likeness (QED) is 0.818. The summed E-state index contributed by atoms with van der Waals surface area (Å²) in [6, 6.07) is 3.53. The summed E-state index contributed by atoms with van der Waals surface area (Å²) in [4.78, 5) is 14.7. The Balaban J connectivity index is 1.66. The molecule has 22 heavy (non-hydrogen) atoms. The molecule has 0 saturated carbocycles.